The minimum atomic E-state index is 0.0112. The van der Waals surface area contributed by atoms with Gasteiger partial charge in [-0.25, -0.2) is 4.79 Å². The molecule has 0 saturated carbocycles. The molecule has 3 aliphatic heterocycles. The minimum Gasteiger partial charge on any atom is -0.379 e. The van der Waals surface area contributed by atoms with Crippen LogP contribution in [-0.4, -0.2) is 74.4 Å². The van der Waals surface area contributed by atoms with Crippen LogP contribution in [-0.2, 0) is 11.3 Å². The summed E-state index contributed by atoms with van der Waals surface area (Å²) in [6, 6.07) is 9.16. The molecule has 25 heavy (non-hydrogen) atoms. The van der Waals surface area contributed by atoms with Gasteiger partial charge in [0.15, 0.2) is 0 Å². The van der Waals surface area contributed by atoms with Crippen molar-refractivity contribution in [3.05, 3.63) is 29.8 Å². The van der Waals surface area contributed by atoms with Crippen LogP contribution in [0.4, 0.5) is 10.5 Å². The Hall–Kier alpha value is -1.63. The van der Waals surface area contributed by atoms with Crippen LogP contribution >= 0.6 is 0 Å². The maximum Gasteiger partial charge on any atom is 0.321 e. The highest BCUT2D eigenvalue weighted by atomic mass is 16.5. The second-order valence-electron chi connectivity index (χ2n) is 7.23. The zero-order chi connectivity index (χ0) is 17.1. The highest BCUT2D eigenvalue weighted by Gasteiger charge is 2.26. The van der Waals surface area contributed by atoms with Crippen LogP contribution in [0, 0.1) is 0 Å². The van der Waals surface area contributed by atoms with Crippen molar-refractivity contribution in [3.63, 3.8) is 0 Å². The molecule has 1 atom stereocenters. The van der Waals surface area contributed by atoms with E-state index in [0.29, 0.717) is 6.04 Å². The number of benzene rings is 1. The van der Waals surface area contributed by atoms with Crippen molar-refractivity contribution >= 4 is 11.7 Å². The van der Waals surface area contributed by atoms with Crippen LogP contribution in [0.2, 0.25) is 0 Å². The molecular weight excluding hydrogens is 316 g/mol. The fraction of sp³-hybridized carbons (Fsp3) is 0.632. The van der Waals surface area contributed by atoms with Gasteiger partial charge in [-0.3, -0.25) is 14.7 Å². The molecule has 3 heterocycles. The molecule has 6 heteroatoms. The van der Waals surface area contributed by atoms with Crippen molar-refractivity contribution in [2.45, 2.75) is 25.4 Å². The lowest BCUT2D eigenvalue weighted by Crippen LogP contribution is -2.51. The second-order valence-corrected chi connectivity index (χ2v) is 7.23. The van der Waals surface area contributed by atoms with E-state index < -0.39 is 0 Å². The van der Waals surface area contributed by atoms with Crippen molar-refractivity contribution in [2.24, 2.45) is 0 Å². The predicted molar refractivity (Wildman–Crippen MR) is 97.9 cm³/mol. The average molecular weight is 344 g/mol. The van der Waals surface area contributed by atoms with E-state index in [1.165, 1.54) is 24.9 Å². The Morgan fingerprint density at radius 3 is 2.60 bits per heavy atom. The summed E-state index contributed by atoms with van der Waals surface area (Å²) in [5, 5.41) is 2.85. The number of likely N-dealkylation sites (tertiary alicyclic amines) is 1. The summed E-state index contributed by atoms with van der Waals surface area (Å²) in [5.41, 5.74) is 2.31. The van der Waals surface area contributed by atoms with E-state index in [-0.39, 0.29) is 6.03 Å². The third-order valence-corrected chi connectivity index (χ3v) is 5.55. The largest absolute Gasteiger partial charge is 0.379 e. The number of anilines is 1. The number of morpholine rings is 1. The van der Waals surface area contributed by atoms with Crippen molar-refractivity contribution in [1.82, 2.24) is 15.1 Å². The Bertz CT molecular complexity index is 586. The molecule has 4 rings (SSSR count). The summed E-state index contributed by atoms with van der Waals surface area (Å²) in [7, 11) is 0. The van der Waals surface area contributed by atoms with Crippen molar-refractivity contribution < 1.29 is 9.53 Å². The van der Waals surface area contributed by atoms with Crippen LogP contribution < -0.4 is 10.2 Å². The van der Waals surface area contributed by atoms with Gasteiger partial charge in [0.25, 0.3) is 0 Å². The van der Waals surface area contributed by atoms with E-state index in [9.17, 15) is 4.79 Å². The lowest BCUT2D eigenvalue weighted by atomic mass is 10.0. The van der Waals surface area contributed by atoms with Gasteiger partial charge < -0.3 is 10.1 Å². The summed E-state index contributed by atoms with van der Waals surface area (Å²) >= 11 is 0. The zero-order valence-electron chi connectivity index (χ0n) is 14.8. The van der Waals surface area contributed by atoms with Crippen molar-refractivity contribution in [1.29, 1.82) is 0 Å². The second kappa shape index (κ2) is 7.72. The Morgan fingerprint density at radius 1 is 1.08 bits per heavy atom. The van der Waals surface area contributed by atoms with E-state index >= 15 is 0 Å². The molecule has 1 aromatic rings. The first-order valence-electron chi connectivity index (χ1n) is 9.48. The Labute approximate surface area is 149 Å². The smallest absolute Gasteiger partial charge is 0.321 e. The first kappa shape index (κ1) is 16.8. The van der Waals surface area contributed by atoms with Crippen molar-refractivity contribution in [2.75, 3.05) is 57.4 Å². The molecule has 0 aromatic heterocycles. The van der Waals surface area contributed by atoms with Gasteiger partial charge in [0.05, 0.1) is 13.2 Å². The molecular formula is C19H28N4O2. The Kier molecular flexibility index (Phi) is 5.20. The fourth-order valence-corrected chi connectivity index (χ4v) is 4.17. The monoisotopic (exact) mass is 344 g/mol. The molecule has 3 aliphatic rings. The minimum absolute atomic E-state index is 0.0112. The first-order valence-corrected chi connectivity index (χ1v) is 9.48. The molecule has 6 nitrogen and oxygen atoms in total. The molecule has 0 aliphatic carbocycles. The molecule has 136 valence electrons. The van der Waals surface area contributed by atoms with Gasteiger partial charge in [-0.1, -0.05) is 12.1 Å². The number of piperidine rings is 1. The number of carbonyl (C=O) groups is 1. The van der Waals surface area contributed by atoms with Gasteiger partial charge in [0.1, 0.15) is 0 Å². The molecule has 0 radical (unpaired) electrons. The van der Waals surface area contributed by atoms with Crippen LogP contribution in [0.15, 0.2) is 24.3 Å². The maximum absolute atomic E-state index is 11.8. The van der Waals surface area contributed by atoms with E-state index in [2.05, 4.69) is 39.4 Å². The lowest BCUT2D eigenvalue weighted by Gasteiger charge is -2.41. The highest BCUT2D eigenvalue weighted by molar-refractivity contribution is 5.93. The van der Waals surface area contributed by atoms with Crippen LogP contribution in [0.3, 0.4) is 0 Å². The van der Waals surface area contributed by atoms with Crippen LogP contribution in [0.1, 0.15) is 18.4 Å². The third-order valence-electron chi connectivity index (χ3n) is 5.55. The maximum atomic E-state index is 11.8. The summed E-state index contributed by atoms with van der Waals surface area (Å²) in [4.78, 5) is 18.7. The fourth-order valence-electron chi connectivity index (χ4n) is 4.17. The number of amides is 2. The highest BCUT2D eigenvalue weighted by Crippen LogP contribution is 2.21. The molecule has 3 saturated heterocycles. The molecule has 2 amide bonds. The number of urea groups is 1. The topological polar surface area (TPSA) is 48.1 Å². The molecule has 1 N–H and O–H groups in total. The van der Waals surface area contributed by atoms with E-state index in [1.807, 2.05) is 0 Å². The first-order chi connectivity index (χ1) is 12.3. The summed E-state index contributed by atoms with van der Waals surface area (Å²) < 4.78 is 5.49. The van der Waals surface area contributed by atoms with Crippen LogP contribution in [0.25, 0.3) is 0 Å². The Morgan fingerprint density at radius 2 is 1.88 bits per heavy atom. The summed E-state index contributed by atoms with van der Waals surface area (Å²) in [6.07, 6.45) is 2.58. The van der Waals surface area contributed by atoms with Gasteiger partial charge in [0.2, 0.25) is 0 Å². The SMILES string of the molecule is O=C1NCCN1c1ccc(CN2CCC[C@H](N3CCOCC3)C2)cc1. The van der Waals surface area contributed by atoms with E-state index in [1.54, 1.807) is 4.90 Å². The predicted octanol–water partition coefficient (Wildman–Crippen LogP) is 1.51. The molecule has 3 fully saturated rings. The number of nitrogens with zero attached hydrogens (tertiary/aromatic N) is 3. The van der Waals surface area contributed by atoms with E-state index in [0.717, 1.165) is 58.2 Å². The molecule has 0 unspecified atom stereocenters. The summed E-state index contributed by atoms with van der Waals surface area (Å²) in [5.74, 6) is 0. The number of nitrogens with one attached hydrogen (secondary N) is 1. The van der Waals surface area contributed by atoms with Gasteiger partial charge in [0, 0.05) is 51.0 Å². The quantitative estimate of drug-likeness (QED) is 0.900. The van der Waals surface area contributed by atoms with Gasteiger partial charge in [-0.15, -0.1) is 0 Å². The molecule has 0 spiro atoms. The standard InChI is InChI=1S/C19H28N4O2/c24-19-20-7-9-23(19)17-5-3-16(4-6-17)14-21-8-1-2-18(15-21)22-10-12-25-13-11-22/h3-6,18H,1-2,7-15H2,(H,20,24)/t18-/m0/s1. The number of rotatable bonds is 4. The van der Waals surface area contributed by atoms with E-state index in [4.69, 9.17) is 4.74 Å². The number of hydrogen-bond donors (Lipinski definition) is 1. The summed E-state index contributed by atoms with van der Waals surface area (Å²) in [6.45, 7) is 8.71. The Balaban J connectivity index is 1.34. The van der Waals surface area contributed by atoms with Gasteiger partial charge >= 0.3 is 6.03 Å². The van der Waals surface area contributed by atoms with Gasteiger partial charge in [-0.05, 0) is 37.1 Å². The third kappa shape index (κ3) is 3.97. The lowest BCUT2D eigenvalue weighted by molar-refractivity contribution is -0.00358. The van der Waals surface area contributed by atoms with Crippen LogP contribution in [0.5, 0.6) is 0 Å². The normalized spacial score (nSPS) is 26.0. The average Bonchev–Trinajstić information content (AvgIpc) is 3.09. The number of hydrogen-bond acceptors (Lipinski definition) is 4. The number of ether oxygens (including phenoxy) is 1. The number of carbonyl (C=O) groups excluding carboxylic acids is 1. The zero-order valence-corrected chi connectivity index (χ0v) is 14.8. The molecule has 1 aromatic carbocycles. The molecule has 0 bridgehead atoms. The van der Waals surface area contributed by atoms with Crippen molar-refractivity contribution in [3.8, 4) is 0 Å². The van der Waals surface area contributed by atoms with Gasteiger partial charge in [-0.2, -0.15) is 0 Å².